The van der Waals surface area contributed by atoms with Gasteiger partial charge in [0, 0.05) is 0 Å². The lowest BCUT2D eigenvalue weighted by molar-refractivity contribution is 0.0845. The van der Waals surface area contributed by atoms with Crippen LogP contribution in [-0.4, -0.2) is 44.2 Å². The predicted octanol–water partition coefficient (Wildman–Crippen LogP) is 2.20. The maximum absolute atomic E-state index is 12.6. The fraction of sp³-hybridized carbons (Fsp3) is 0.267. The van der Waals surface area contributed by atoms with Crippen LogP contribution >= 0.6 is 11.3 Å². The first-order chi connectivity index (χ1) is 10.4. The molecule has 1 aliphatic rings. The van der Waals surface area contributed by atoms with E-state index in [9.17, 15) is 13.2 Å². The predicted molar refractivity (Wildman–Crippen MR) is 85.4 cm³/mol. The van der Waals surface area contributed by atoms with Crippen LogP contribution < -0.4 is 0 Å². The molecule has 22 heavy (non-hydrogen) atoms. The van der Waals surface area contributed by atoms with Gasteiger partial charge in [-0.2, -0.15) is 11.3 Å². The van der Waals surface area contributed by atoms with Gasteiger partial charge in [0.05, 0.1) is 18.2 Å². The summed E-state index contributed by atoms with van der Waals surface area (Å²) in [7, 11) is 0.000539. The molecule has 0 spiro atoms. The molecule has 1 aromatic heterocycles. The highest BCUT2D eigenvalue weighted by Gasteiger charge is 2.42. The molecule has 0 saturated carbocycles. The molecule has 1 aliphatic heterocycles. The molecule has 0 N–H and O–H groups in total. The molecule has 7 heteroatoms. The van der Waals surface area contributed by atoms with E-state index in [0.717, 1.165) is 9.87 Å². The number of amides is 1. The van der Waals surface area contributed by atoms with Crippen molar-refractivity contribution in [3.8, 4) is 0 Å². The molecule has 3 rings (SSSR count). The maximum atomic E-state index is 12.6. The summed E-state index contributed by atoms with van der Waals surface area (Å²) in [5, 5.41) is 3.92. The summed E-state index contributed by atoms with van der Waals surface area (Å²) < 4.78 is 26.2. The van der Waals surface area contributed by atoms with Crippen LogP contribution in [0.5, 0.6) is 0 Å². The average Bonchev–Trinajstić information content (AvgIpc) is 3.06. The van der Waals surface area contributed by atoms with Crippen LogP contribution in [0.1, 0.15) is 22.0 Å². The molecule has 116 valence electrons. The van der Waals surface area contributed by atoms with Gasteiger partial charge in [-0.15, -0.1) is 0 Å². The van der Waals surface area contributed by atoms with E-state index in [0.29, 0.717) is 0 Å². The van der Waals surface area contributed by atoms with E-state index < -0.39 is 15.9 Å². The van der Waals surface area contributed by atoms with Crippen molar-refractivity contribution in [2.75, 3.05) is 20.6 Å². The molecule has 0 aliphatic carbocycles. The number of carbonyl (C=O) groups excluding carboxylic acids is 1. The highest BCUT2D eigenvalue weighted by molar-refractivity contribution is 7.90. The number of likely N-dealkylation sites (N-methyl/N-ethyl adjacent to an activating group) is 1. The Kier molecular flexibility index (Phi) is 3.80. The topological polar surface area (TPSA) is 57.7 Å². The molecule has 0 bridgehead atoms. The summed E-state index contributed by atoms with van der Waals surface area (Å²) in [6, 6.07) is 8.14. The van der Waals surface area contributed by atoms with E-state index in [-0.39, 0.29) is 23.0 Å². The van der Waals surface area contributed by atoms with Crippen molar-refractivity contribution in [2.24, 2.45) is 0 Å². The molecule has 1 amide bonds. The number of hydrogen-bond donors (Lipinski definition) is 0. The zero-order chi connectivity index (χ0) is 15.9. The summed E-state index contributed by atoms with van der Waals surface area (Å²) in [5.74, 6) is -0.447. The Hall–Kier alpha value is -1.70. The third-order valence-electron chi connectivity index (χ3n) is 3.80. The minimum Gasteiger partial charge on any atom is -0.301 e. The highest BCUT2D eigenvalue weighted by atomic mass is 32.2. The van der Waals surface area contributed by atoms with Crippen LogP contribution in [0.4, 0.5) is 0 Å². The van der Waals surface area contributed by atoms with Gasteiger partial charge in [0.25, 0.3) is 15.9 Å². The number of sulfonamides is 1. The van der Waals surface area contributed by atoms with Gasteiger partial charge in [-0.3, -0.25) is 4.79 Å². The summed E-state index contributed by atoms with van der Waals surface area (Å²) >= 11 is 1.55. The second-order valence-corrected chi connectivity index (χ2v) is 7.98. The monoisotopic (exact) mass is 336 g/mol. The first kappa shape index (κ1) is 15.2. The highest BCUT2D eigenvalue weighted by Crippen LogP contribution is 2.33. The third kappa shape index (κ3) is 2.35. The smallest absolute Gasteiger partial charge is 0.269 e. The van der Waals surface area contributed by atoms with Crippen LogP contribution in [0.15, 0.2) is 46.0 Å². The Morgan fingerprint density at radius 2 is 1.95 bits per heavy atom. The van der Waals surface area contributed by atoms with Crippen molar-refractivity contribution in [3.05, 3.63) is 52.2 Å². The average molecular weight is 336 g/mol. The molecule has 0 radical (unpaired) electrons. The maximum Gasteiger partial charge on any atom is 0.269 e. The minimum absolute atomic E-state index is 0.0998. The van der Waals surface area contributed by atoms with Crippen molar-refractivity contribution in [2.45, 2.75) is 10.9 Å². The number of rotatable bonds is 4. The summed E-state index contributed by atoms with van der Waals surface area (Å²) in [5.41, 5.74) is 1.26. The fourth-order valence-electron chi connectivity index (χ4n) is 2.60. The lowest BCUT2D eigenvalue weighted by atomic mass is 10.1. The molecule has 1 unspecified atom stereocenters. The molecule has 2 heterocycles. The van der Waals surface area contributed by atoms with Gasteiger partial charge < -0.3 is 4.90 Å². The molecule has 0 fully saturated rings. The van der Waals surface area contributed by atoms with Crippen molar-refractivity contribution in [1.82, 2.24) is 9.21 Å². The van der Waals surface area contributed by atoms with Crippen molar-refractivity contribution >= 4 is 27.3 Å². The van der Waals surface area contributed by atoms with Gasteiger partial charge in [0.1, 0.15) is 4.90 Å². The van der Waals surface area contributed by atoms with Gasteiger partial charge >= 0.3 is 0 Å². The van der Waals surface area contributed by atoms with E-state index in [2.05, 4.69) is 0 Å². The molecular weight excluding hydrogens is 320 g/mol. The molecule has 0 saturated heterocycles. The lowest BCUT2D eigenvalue weighted by Crippen LogP contribution is -2.38. The number of benzene rings is 1. The largest absolute Gasteiger partial charge is 0.301 e. The number of hydrogen-bond acceptors (Lipinski definition) is 5. The number of fused-ring (bicyclic) bond motifs is 1. The van der Waals surface area contributed by atoms with Gasteiger partial charge in [0.2, 0.25) is 0 Å². The van der Waals surface area contributed by atoms with Crippen LogP contribution in [0.3, 0.4) is 0 Å². The number of thiophene rings is 1. The Bertz CT molecular complexity index is 798. The van der Waals surface area contributed by atoms with Gasteiger partial charge in [0.15, 0.2) is 0 Å². The van der Waals surface area contributed by atoms with E-state index in [1.165, 1.54) is 6.07 Å². The van der Waals surface area contributed by atoms with Crippen LogP contribution in [0.25, 0.3) is 0 Å². The van der Waals surface area contributed by atoms with E-state index in [1.54, 1.807) is 29.5 Å². The number of carbonyl (C=O) groups is 1. The molecular formula is C15H16N2O3S2. The molecule has 5 nitrogen and oxygen atoms in total. The van der Waals surface area contributed by atoms with E-state index >= 15 is 0 Å². The van der Waals surface area contributed by atoms with Gasteiger partial charge in [-0.25, -0.2) is 12.7 Å². The van der Waals surface area contributed by atoms with Crippen LogP contribution in [-0.2, 0) is 10.0 Å². The first-order valence-electron chi connectivity index (χ1n) is 6.77. The van der Waals surface area contributed by atoms with Crippen molar-refractivity contribution in [1.29, 1.82) is 0 Å². The SMILES string of the molecule is CN(C)C(CN1C(=O)c2ccccc2S1(=O)=O)c1ccsc1. The zero-order valence-corrected chi connectivity index (χ0v) is 13.9. The fourth-order valence-corrected chi connectivity index (χ4v) is 4.88. The quantitative estimate of drug-likeness (QED) is 0.859. The Morgan fingerprint density at radius 3 is 2.55 bits per heavy atom. The van der Waals surface area contributed by atoms with Crippen LogP contribution in [0.2, 0.25) is 0 Å². The summed E-state index contributed by atoms with van der Waals surface area (Å²) in [6.45, 7) is 0.111. The standard InChI is InChI=1S/C15H16N2O3S2/c1-16(2)13(11-7-8-21-10-11)9-17-15(18)12-5-3-4-6-14(12)22(17,19)20/h3-8,10,13H,9H2,1-2H3. The zero-order valence-electron chi connectivity index (χ0n) is 12.3. The number of nitrogens with zero attached hydrogens (tertiary/aromatic N) is 2. The summed E-state index contributed by atoms with van der Waals surface area (Å²) in [4.78, 5) is 14.5. The van der Waals surface area contributed by atoms with Crippen LogP contribution in [0, 0.1) is 0 Å². The van der Waals surface area contributed by atoms with E-state index in [4.69, 9.17) is 0 Å². The third-order valence-corrected chi connectivity index (χ3v) is 6.31. The van der Waals surface area contributed by atoms with E-state index in [1.807, 2.05) is 35.8 Å². The Balaban J connectivity index is 1.98. The molecule has 1 aromatic carbocycles. The minimum atomic E-state index is -3.75. The van der Waals surface area contributed by atoms with Gasteiger partial charge in [-0.05, 0) is 48.6 Å². The molecule has 1 atom stereocenters. The van der Waals surface area contributed by atoms with Gasteiger partial charge in [-0.1, -0.05) is 12.1 Å². The second kappa shape index (κ2) is 5.49. The Morgan fingerprint density at radius 1 is 1.23 bits per heavy atom. The first-order valence-corrected chi connectivity index (χ1v) is 9.16. The van der Waals surface area contributed by atoms with Crippen molar-refractivity contribution < 1.29 is 13.2 Å². The summed E-state index contributed by atoms with van der Waals surface area (Å²) in [6.07, 6.45) is 0. The normalized spacial score (nSPS) is 17.8. The van der Waals surface area contributed by atoms with Crippen molar-refractivity contribution in [3.63, 3.8) is 0 Å². The Labute approximate surface area is 133 Å². The lowest BCUT2D eigenvalue weighted by Gasteiger charge is -2.27. The second-order valence-electron chi connectivity index (χ2n) is 5.37. The molecule has 2 aromatic rings.